The molecule has 170 valence electrons. The van der Waals surface area contributed by atoms with Crippen molar-refractivity contribution in [3.05, 3.63) is 65.5 Å². The molecule has 1 saturated heterocycles. The van der Waals surface area contributed by atoms with Gasteiger partial charge in [-0.25, -0.2) is 4.39 Å². The third-order valence-corrected chi connectivity index (χ3v) is 5.06. The van der Waals surface area contributed by atoms with Crippen LogP contribution in [0, 0.1) is 5.82 Å². The topological polar surface area (TPSA) is 58.1 Å². The lowest BCUT2D eigenvalue weighted by molar-refractivity contribution is 0.0322. The van der Waals surface area contributed by atoms with E-state index in [0.717, 1.165) is 44.2 Å². The standard InChI is InChI=1S/C23H31FN4O2.HI/c1-25-23(26-11-10-19-6-2-4-8-21(19)24)27-18-20-7-3-5-9-22(20)30-17-14-28-12-15-29-16-13-28;/h2-9H,10-18H2,1H3,(H2,25,26,27);1H. The van der Waals surface area contributed by atoms with Gasteiger partial charge in [0.05, 0.1) is 13.2 Å². The summed E-state index contributed by atoms with van der Waals surface area (Å²) in [5.41, 5.74) is 1.76. The lowest BCUT2D eigenvalue weighted by atomic mass is 10.1. The molecule has 0 radical (unpaired) electrons. The van der Waals surface area contributed by atoms with Crippen molar-refractivity contribution in [3.63, 3.8) is 0 Å². The fourth-order valence-corrected chi connectivity index (χ4v) is 3.32. The third kappa shape index (κ3) is 8.62. The molecule has 0 spiro atoms. The Balaban J connectivity index is 0.00000341. The Morgan fingerprint density at radius 1 is 1.06 bits per heavy atom. The number of nitrogens with one attached hydrogen (secondary N) is 2. The van der Waals surface area contributed by atoms with E-state index in [1.54, 1.807) is 19.2 Å². The Kier molecular flexibility index (Phi) is 11.6. The number of aliphatic imine (C=N–C) groups is 1. The lowest BCUT2D eigenvalue weighted by Crippen LogP contribution is -2.39. The van der Waals surface area contributed by atoms with E-state index in [4.69, 9.17) is 9.47 Å². The van der Waals surface area contributed by atoms with Gasteiger partial charge in [0, 0.05) is 45.3 Å². The first kappa shape index (κ1) is 25.4. The average molecular weight is 542 g/mol. The third-order valence-electron chi connectivity index (χ3n) is 5.06. The highest BCUT2D eigenvalue weighted by atomic mass is 127. The van der Waals surface area contributed by atoms with Crippen molar-refractivity contribution < 1.29 is 13.9 Å². The van der Waals surface area contributed by atoms with Crippen LogP contribution in [0.3, 0.4) is 0 Å². The van der Waals surface area contributed by atoms with Crippen LogP contribution in [0.2, 0.25) is 0 Å². The number of morpholine rings is 1. The van der Waals surface area contributed by atoms with E-state index >= 15 is 0 Å². The van der Waals surface area contributed by atoms with E-state index in [1.807, 2.05) is 30.3 Å². The predicted molar refractivity (Wildman–Crippen MR) is 133 cm³/mol. The molecule has 0 amide bonds. The van der Waals surface area contributed by atoms with Gasteiger partial charge in [-0.15, -0.1) is 24.0 Å². The first-order valence-corrected chi connectivity index (χ1v) is 10.4. The van der Waals surface area contributed by atoms with Crippen LogP contribution in [0.1, 0.15) is 11.1 Å². The Hall–Kier alpha value is -1.91. The molecular weight excluding hydrogens is 510 g/mol. The average Bonchev–Trinajstić information content (AvgIpc) is 2.79. The Bertz CT molecular complexity index is 816. The molecule has 2 N–H and O–H groups in total. The molecule has 0 unspecified atom stereocenters. The van der Waals surface area contributed by atoms with Gasteiger partial charge in [0.2, 0.25) is 0 Å². The lowest BCUT2D eigenvalue weighted by Gasteiger charge is -2.26. The van der Waals surface area contributed by atoms with E-state index in [-0.39, 0.29) is 29.8 Å². The van der Waals surface area contributed by atoms with Crippen LogP contribution in [-0.4, -0.2) is 63.9 Å². The van der Waals surface area contributed by atoms with Crippen LogP contribution in [0.25, 0.3) is 0 Å². The van der Waals surface area contributed by atoms with Gasteiger partial charge in [0.15, 0.2) is 5.96 Å². The molecule has 1 aliphatic heterocycles. The highest BCUT2D eigenvalue weighted by Crippen LogP contribution is 2.17. The summed E-state index contributed by atoms with van der Waals surface area (Å²) < 4.78 is 25.1. The zero-order valence-electron chi connectivity index (χ0n) is 18.0. The van der Waals surface area contributed by atoms with Crippen molar-refractivity contribution in [2.45, 2.75) is 13.0 Å². The summed E-state index contributed by atoms with van der Waals surface area (Å²) in [7, 11) is 1.73. The predicted octanol–water partition coefficient (Wildman–Crippen LogP) is 3.06. The van der Waals surface area contributed by atoms with Crippen molar-refractivity contribution in [1.29, 1.82) is 0 Å². The van der Waals surface area contributed by atoms with Gasteiger partial charge in [-0.1, -0.05) is 36.4 Å². The number of para-hydroxylation sites is 1. The fourth-order valence-electron chi connectivity index (χ4n) is 3.32. The number of hydrogen-bond acceptors (Lipinski definition) is 4. The molecule has 8 heteroatoms. The quantitative estimate of drug-likeness (QED) is 0.290. The summed E-state index contributed by atoms with van der Waals surface area (Å²) in [5.74, 6) is 1.37. The van der Waals surface area contributed by atoms with E-state index in [1.165, 1.54) is 6.07 Å². The number of hydrogen-bond donors (Lipinski definition) is 2. The second kappa shape index (κ2) is 14.2. The van der Waals surface area contributed by atoms with Crippen LogP contribution < -0.4 is 15.4 Å². The summed E-state index contributed by atoms with van der Waals surface area (Å²) in [4.78, 5) is 6.60. The van der Waals surface area contributed by atoms with Crippen LogP contribution in [0.5, 0.6) is 5.75 Å². The highest BCUT2D eigenvalue weighted by molar-refractivity contribution is 14.0. The Morgan fingerprint density at radius 2 is 1.77 bits per heavy atom. The Morgan fingerprint density at radius 3 is 2.52 bits per heavy atom. The van der Waals surface area contributed by atoms with Crippen molar-refractivity contribution in [2.75, 3.05) is 53.0 Å². The zero-order chi connectivity index (χ0) is 21.0. The fraction of sp³-hybridized carbons (Fsp3) is 0.435. The molecule has 2 aromatic rings. The van der Waals surface area contributed by atoms with Crippen LogP contribution in [-0.2, 0) is 17.7 Å². The van der Waals surface area contributed by atoms with Gasteiger partial charge in [0.1, 0.15) is 18.2 Å². The number of guanidine groups is 1. The molecule has 0 bridgehead atoms. The molecule has 1 aliphatic rings. The van der Waals surface area contributed by atoms with E-state index in [0.29, 0.717) is 37.6 Å². The van der Waals surface area contributed by atoms with Crippen molar-refractivity contribution >= 4 is 29.9 Å². The maximum absolute atomic E-state index is 13.7. The van der Waals surface area contributed by atoms with Gasteiger partial charge in [-0.2, -0.15) is 0 Å². The molecule has 3 rings (SSSR count). The molecule has 0 atom stereocenters. The van der Waals surface area contributed by atoms with Crippen molar-refractivity contribution in [2.24, 2.45) is 4.99 Å². The van der Waals surface area contributed by atoms with Crippen LogP contribution >= 0.6 is 24.0 Å². The zero-order valence-corrected chi connectivity index (χ0v) is 20.3. The molecule has 0 saturated carbocycles. The largest absolute Gasteiger partial charge is 0.492 e. The molecule has 1 heterocycles. The van der Waals surface area contributed by atoms with E-state index in [2.05, 4.69) is 20.5 Å². The second-order valence-electron chi connectivity index (χ2n) is 7.10. The Labute approximate surface area is 201 Å². The number of halogens is 2. The molecule has 0 aliphatic carbocycles. The molecule has 2 aromatic carbocycles. The first-order chi connectivity index (χ1) is 14.8. The summed E-state index contributed by atoms with van der Waals surface area (Å²) in [6, 6.07) is 14.9. The van der Waals surface area contributed by atoms with Gasteiger partial charge in [0.25, 0.3) is 0 Å². The van der Waals surface area contributed by atoms with Gasteiger partial charge >= 0.3 is 0 Å². The summed E-state index contributed by atoms with van der Waals surface area (Å²) in [6.45, 7) is 6.23. The number of nitrogens with zero attached hydrogens (tertiary/aromatic N) is 2. The van der Waals surface area contributed by atoms with Crippen LogP contribution in [0.4, 0.5) is 4.39 Å². The van der Waals surface area contributed by atoms with Gasteiger partial charge < -0.3 is 20.1 Å². The van der Waals surface area contributed by atoms with Gasteiger partial charge in [-0.05, 0) is 24.1 Å². The SMILES string of the molecule is CN=C(NCCc1ccccc1F)NCc1ccccc1OCCN1CCOCC1.I. The van der Waals surface area contributed by atoms with Crippen LogP contribution in [0.15, 0.2) is 53.5 Å². The monoisotopic (exact) mass is 542 g/mol. The maximum Gasteiger partial charge on any atom is 0.191 e. The molecular formula is C23H32FIN4O2. The maximum atomic E-state index is 13.7. The van der Waals surface area contributed by atoms with E-state index in [9.17, 15) is 4.39 Å². The molecule has 0 aromatic heterocycles. The first-order valence-electron chi connectivity index (χ1n) is 10.4. The normalized spacial score (nSPS) is 14.6. The number of benzene rings is 2. The summed E-state index contributed by atoms with van der Waals surface area (Å²) in [6.07, 6.45) is 0.592. The van der Waals surface area contributed by atoms with Crippen molar-refractivity contribution in [1.82, 2.24) is 15.5 Å². The number of ether oxygens (including phenoxy) is 2. The minimum atomic E-state index is -0.176. The second-order valence-corrected chi connectivity index (χ2v) is 7.10. The molecule has 31 heavy (non-hydrogen) atoms. The van der Waals surface area contributed by atoms with Crippen molar-refractivity contribution in [3.8, 4) is 5.75 Å². The molecule has 6 nitrogen and oxygen atoms in total. The minimum absolute atomic E-state index is 0. The molecule has 1 fully saturated rings. The number of rotatable bonds is 9. The summed E-state index contributed by atoms with van der Waals surface area (Å²) in [5, 5.41) is 6.54. The van der Waals surface area contributed by atoms with Gasteiger partial charge in [-0.3, -0.25) is 9.89 Å². The minimum Gasteiger partial charge on any atom is -0.492 e. The van der Waals surface area contributed by atoms with E-state index < -0.39 is 0 Å². The summed E-state index contributed by atoms with van der Waals surface area (Å²) >= 11 is 0. The highest BCUT2D eigenvalue weighted by Gasteiger charge is 2.11. The smallest absolute Gasteiger partial charge is 0.191 e.